The summed E-state index contributed by atoms with van der Waals surface area (Å²) in [5.74, 6) is -0.306. The van der Waals surface area contributed by atoms with Crippen LogP contribution in [0.15, 0.2) is 0 Å². The number of piperazine rings is 1. The van der Waals surface area contributed by atoms with E-state index in [4.69, 9.17) is 0 Å². The highest BCUT2D eigenvalue weighted by atomic mass is 19.1. The minimum Gasteiger partial charge on any atom is -0.343 e. The van der Waals surface area contributed by atoms with Crippen molar-refractivity contribution in [3.05, 3.63) is 0 Å². The summed E-state index contributed by atoms with van der Waals surface area (Å²) in [5, 5.41) is 2.51. The van der Waals surface area contributed by atoms with Crippen LogP contribution in [0.5, 0.6) is 0 Å². The molecule has 1 rings (SSSR count). The molecule has 4 nitrogen and oxygen atoms in total. The van der Waals surface area contributed by atoms with E-state index in [1.807, 2.05) is 0 Å². The summed E-state index contributed by atoms with van der Waals surface area (Å²) in [4.78, 5) is 23.8. The molecule has 74 valence electrons. The van der Waals surface area contributed by atoms with Crippen LogP contribution in [0.3, 0.4) is 0 Å². The van der Waals surface area contributed by atoms with Gasteiger partial charge in [0.1, 0.15) is 6.04 Å². The number of hydrogen-bond donors (Lipinski definition) is 1. The normalized spacial score (nSPS) is 23.2. The van der Waals surface area contributed by atoms with Crippen LogP contribution >= 0.6 is 0 Å². The Hall–Kier alpha value is -1.13. The van der Waals surface area contributed by atoms with Crippen molar-refractivity contribution in [2.45, 2.75) is 19.4 Å². The summed E-state index contributed by atoms with van der Waals surface area (Å²) in [5.41, 5.74) is 0. The third-order valence-electron chi connectivity index (χ3n) is 1.96. The quantitative estimate of drug-likeness (QED) is 0.660. The van der Waals surface area contributed by atoms with E-state index >= 15 is 0 Å². The van der Waals surface area contributed by atoms with Gasteiger partial charge < -0.3 is 10.2 Å². The molecule has 13 heavy (non-hydrogen) atoms. The minimum absolute atomic E-state index is 0.0587. The lowest BCUT2D eigenvalue weighted by Gasteiger charge is -2.30. The number of rotatable bonds is 3. The number of carbonyl (C=O) groups is 2. The predicted molar refractivity (Wildman–Crippen MR) is 44.8 cm³/mol. The van der Waals surface area contributed by atoms with E-state index in [1.54, 1.807) is 6.92 Å². The van der Waals surface area contributed by atoms with Crippen LogP contribution in [-0.4, -0.2) is 42.5 Å². The molecule has 0 saturated carbocycles. The molecular formula is C8H13FN2O2. The van der Waals surface area contributed by atoms with Crippen molar-refractivity contribution < 1.29 is 14.0 Å². The second-order valence-electron chi connectivity index (χ2n) is 3.09. The number of hydrogen-bond acceptors (Lipinski definition) is 2. The summed E-state index contributed by atoms with van der Waals surface area (Å²) < 4.78 is 11.8. The molecule has 0 spiro atoms. The van der Waals surface area contributed by atoms with Crippen molar-refractivity contribution >= 4 is 11.8 Å². The number of nitrogens with zero attached hydrogens (tertiary/aromatic N) is 1. The van der Waals surface area contributed by atoms with Gasteiger partial charge in [0.2, 0.25) is 11.8 Å². The van der Waals surface area contributed by atoms with Gasteiger partial charge in [-0.2, -0.15) is 0 Å². The molecule has 0 aromatic heterocycles. The van der Waals surface area contributed by atoms with Gasteiger partial charge in [0.15, 0.2) is 0 Å². The summed E-state index contributed by atoms with van der Waals surface area (Å²) in [6.07, 6.45) is 0.297. The number of amides is 2. The van der Waals surface area contributed by atoms with Gasteiger partial charge in [0.25, 0.3) is 0 Å². The zero-order chi connectivity index (χ0) is 9.84. The zero-order valence-electron chi connectivity index (χ0n) is 7.55. The first-order valence-corrected chi connectivity index (χ1v) is 4.29. The average molecular weight is 188 g/mol. The van der Waals surface area contributed by atoms with Gasteiger partial charge >= 0.3 is 0 Å². The SMILES string of the molecule is CC1NC(=O)CN(CCCF)C1=O. The lowest BCUT2D eigenvalue weighted by Crippen LogP contribution is -2.56. The number of halogens is 1. The smallest absolute Gasteiger partial charge is 0.245 e. The van der Waals surface area contributed by atoms with Crippen LogP contribution in [0.4, 0.5) is 4.39 Å². The second-order valence-corrected chi connectivity index (χ2v) is 3.09. The van der Waals surface area contributed by atoms with Crippen molar-refractivity contribution in [1.29, 1.82) is 0 Å². The molecule has 0 bridgehead atoms. The molecule has 1 aliphatic heterocycles. The Kier molecular flexibility index (Phi) is 3.22. The Morgan fingerprint density at radius 3 is 2.92 bits per heavy atom. The third-order valence-corrected chi connectivity index (χ3v) is 1.96. The Morgan fingerprint density at radius 1 is 1.62 bits per heavy atom. The molecule has 1 atom stereocenters. The molecule has 1 N–H and O–H groups in total. The van der Waals surface area contributed by atoms with Crippen LogP contribution in [0.2, 0.25) is 0 Å². The van der Waals surface area contributed by atoms with Gasteiger partial charge in [0, 0.05) is 6.54 Å². The summed E-state index contributed by atoms with van der Waals surface area (Å²) >= 11 is 0. The monoisotopic (exact) mass is 188 g/mol. The molecule has 5 heteroatoms. The number of alkyl halides is 1. The van der Waals surface area contributed by atoms with Gasteiger partial charge in [-0.1, -0.05) is 0 Å². The van der Waals surface area contributed by atoms with Gasteiger partial charge in [-0.15, -0.1) is 0 Å². The fourth-order valence-corrected chi connectivity index (χ4v) is 1.31. The van der Waals surface area contributed by atoms with E-state index in [2.05, 4.69) is 5.32 Å². The maximum absolute atomic E-state index is 11.8. The highest BCUT2D eigenvalue weighted by Gasteiger charge is 2.28. The molecule has 0 aromatic rings. The van der Waals surface area contributed by atoms with Crippen molar-refractivity contribution in [2.75, 3.05) is 19.8 Å². The molecule has 1 aliphatic rings. The predicted octanol–water partition coefficient (Wildman–Crippen LogP) is -0.307. The molecular weight excluding hydrogens is 175 g/mol. The van der Waals surface area contributed by atoms with Crippen LogP contribution in [0, 0.1) is 0 Å². The largest absolute Gasteiger partial charge is 0.343 e. The molecule has 1 heterocycles. The lowest BCUT2D eigenvalue weighted by molar-refractivity contribution is -0.143. The van der Waals surface area contributed by atoms with Crippen molar-refractivity contribution in [3.8, 4) is 0 Å². The third kappa shape index (κ3) is 2.40. The fourth-order valence-electron chi connectivity index (χ4n) is 1.31. The van der Waals surface area contributed by atoms with E-state index in [0.29, 0.717) is 13.0 Å². The highest BCUT2D eigenvalue weighted by molar-refractivity contribution is 5.94. The summed E-state index contributed by atoms with van der Waals surface area (Å²) in [6.45, 7) is 1.55. The minimum atomic E-state index is -0.471. The van der Waals surface area contributed by atoms with E-state index in [1.165, 1.54) is 4.90 Å². The molecule has 0 aromatic carbocycles. The molecule has 0 radical (unpaired) electrons. The maximum atomic E-state index is 11.8. The molecule has 0 aliphatic carbocycles. The Bertz CT molecular complexity index is 220. The van der Waals surface area contributed by atoms with Gasteiger partial charge in [-0.25, -0.2) is 0 Å². The number of carbonyl (C=O) groups excluding carboxylic acids is 2. The van der Waals surface area contributed by atoms with Crippen LogP contribution in [-0.2, 0) is 9.59 Å². The van der Waals surface area contributed by atoms with Crippen molar-refractivity contribution in [3.63, 3.8) is 0 Å². The molecule has 1 saturated heterocycles. The fraction of sp³-hybridized carbons (Fsp3) is 0.750. The van der Waals surface area contributed by atoms with Gasteiger partial charge in [0.05, 0.1) is 13.2 Å². The molecule has 2 amide bonds. The molecule has 1 fully saturated rings. The Labute approximate surface area is 76.1 Å². The van der Waals surface area contributed by atoms with E-state index < -0.39 is 12.7 Å². The summed E-state index contributed by atoms with van der Waals surface area (Å²) in [6, 6.07) is -0.471. The average Bonchev–Trinajstić information content (AvgIpc) is 2.09. The first kappa shape index (κ1) is 9.95. The highest BCUT2D eigenvalue weighted by Crippen LogP contribution is 2.02. The van der Waals surface area contributed by atoms with Gasteiger partial charge in [-0.05, 0) is 13.3 Å². The topological polar surface area (TPSA) is 49.4 Å². The second kappa shape index (κ2) is 4.20. The van der Waals surface area contributed by atoms with E-state index in [-0.39, 0.29) is 18.4 Å². The number of nitrogens with one attached hydrogen (secondary N) is 1. The molecule has 1 unspecified atom stereocenters. The zero-order valence-corrected chi connectivity index (χ0v) is 7.55. The van der Waals surface area contributed by atoms with Gasteiger partial charge in [-0.3, -0.25) is 14.0 Å². The van der Waals surface area contributed by atoms with E-state index in [0.717, 1.165) is 0 Å². The van der Waals surface area contributed by atoms with Crippen molar-refractivity contribution in [2.24, 2.45) is 0 Å². The Balaban J connectivity index is 2.51. The first-order valence-electron chi connectivity index (χ1n) is 4.29. The van der Waals surface area contributed by atoms with E-state index in [9.17, 15) is 14.0 Å². The van der Waals surface area contributed by atoms with Crippen LogP contribution < -0.4 is 5.32 Å². The Morgan fingerprint density at radius 2 is 2.31 bits per heavy atom. The lowest BCUT2D eigenvalue weighted by atomic mass is 10.2. The maximum Gasteiger partial charge on any atom is 0.245 e. The van der Waals surface area contributed by atoms with Crippen molar-refractivity contribution in [1.82, 2.24) is 10.2 Å². The first-order chi connectivity index (χ1) is 6.15. The van der Waals surface area contributed by atoms with Crippen LogP contribution in [0.25, 0.3) is 0 Å². The standard InChI is InChI=1S/C8H13FN2O2/c1-6-8(13)11(4-2-3-9)5-7(12)10-6/h6H,2-5H2,1H3,(H,10,12). The van der Waals surface area contributed by atoms with Crippen LogP contribution in [0.1, 0.15) is 13.3 Å². The summed E-state index contributed by atoms with van der Waals surface area (Å²) in [7, 11) is 0.